The molecule has 0 amide bonds. The van der Waals surface area contributed by atoms with Crippen LogP contribution in [0, 0.1) is 0 Å². The van der Waals surface area contributed by atoms with Gasteiger partial charge in [0.2, 0.25) is 0 Å². The molecule has 0 spiro atoms. The smallest absolute Gasteiger partial charge is 0.119 e. The molecular weight excluding hydrogens is 164 g/mol. The number of nitrogens with one attached hydrogen (secondary N) is 1. The summed E-state index contributed by atoms with van der Waals surface area (Å²) in [5.41, 5.74) is 6.68. The van der Waals surface area contributed by atoms with Gasteiger partial charge in [-0.05, 0) is 31.2 Å². The molecule has 3 nitrogen and oxygen atoms in total. The molecule has 0 aromatic heterocycles. The third-order valence-electron chi connectivity index (χ3n) is 1.72. The highest BCUT2D eigenvalue weighted by Gasteiger charge is 1.95. The average molecular weight is 180 g/mol. The molecule has 0 bridgehead atoms. The highest BCUT2D eigenvalue weighted by Crippen LogP contribution is 2.14. The van der Waals surface area contributed by atoms with Gasteiger partial charge in [-0.15, -0.1) is 0 Å². The molecule has 0 saturated heterocycles. The van der Waals surface area contributed by atoms with Crippen molar-refractivity contribution in [2.75, 3.05) is 19.0 Å². The predicted molar refractivity (Wildman–Crippen MR) is 55.1 cm³/mol. The van der Waals surface area contributed by atoms with E-state index in [0.29, 0.717) is 0 Å². The molecule has 3 heteroatoms. The van der Waals surface area contributed by atoms with Gasteiger partial charge in [-0.3, -0.25) is 0 Å². The molecule has 0 saturated carbocycles. The predicted octanol–water partition coefficient (Wildman–Crippen LogP) is 1.45. The molecule has 3 N–H and O–H groups in total. The lowest BCUT2D eigenvalue weighted by atomic mass is 10.3. The summed E-state index contributed by atoms with van der Waals surface area (Å²) in [7, 11) is 1.66. The highest BCUT2D eigenvalue weighted by atomic mass is 16.5. The number of hydrogen-bond acceptors (Lipinski definition) is 3. The third-order valence-corrected chi connectivity index (χ3v) is 1.72. The van der Waals surface area contributed by atoms with Crippen molar-refractivity contribution in [3.63, 3.8) is 0 Å². The van der Waals surface area contributed by atoms with Crippen LogP contribution in [0.2, 0.25) is 0 Å². The van der Waals surface area contributed by atoms with Crippen LogP contribution in [-0.2, 0) is 0 Å². The van der Waals surface area contributed by atoms with Crippen LogP contribution in [0.15, 0.2) is 24.3 Å². The molecule has 0 aliphatic rings. The van der Waals surface area contributed by atoms with Crippen molar-refractivity contribution in [1.29, 1.82) is 0 Å². The molecule has 0 unspecified atom stereocenters. The van der Waals surface area contributed by atoms with Crippen LogP contribution in [0.5, 0.6) is 5.75 Å². The van der Waals surface area contributed by atoms with Crippen molar-refractivity contribution >= 4 is 5.69 Å². The van der Waals surface area contributed by atoms with E-state index in [0.717, 1.165) is 18.0 Å². The van der Waals surface area contributed by atoms with Gasteiger partial charge in [0, 0.05) is 18.3 Å². The van der Waals surface area contributed by atoms with Crippen LogP contribution >= 0.6 is 0 Å². The lowest BCUT2D eigenvalue weighted by Gasteiger charge is -2.09. The van der Waals surface area contributed by atoms with Gasteiger partial charge in [-0.25, -0.2) is 0 Å². The van der Waals surface area contributed by atoms with Crippen molar-refractivity contribution in [3.05, 3.63) is 24.3 Å². The number of methoxy groups -OCH3 is 1. The summed E-state index contributed by atoms with van der Waals surface area (Å²) in [5, 5.41) is 3.21. The lowest BCUT2D eigenvalue weighted by molar-refractivity contribution is 0.415. The molecule has 1 rings (SSSR count). The lowest BCUT2D eigenvalue weighted by Crippen LogP contribution is -2.25. The maximum absolute atomic E-state index is 5.61. The van der Waals surface area contributed by atoms with Crippen molar-refractivity contribution in [2.24, 2.45) is 5.73 Å². The van der Waals surface area contributed by atoms with Crippen LogP contribution in [0.4, 0.5) is 5.69 Å². The first-order valence-electron chi connectivity index (χ1n) is 4.36. The Morgan fingerprint density at radius 3 is 2.46 bits per heavy atom. The maximum Gasteiger partial charge on any atom is 0.119 e. The Kier molecular flexibility index (Phi) is 3.58. The summed E-state index contributed by atoms with van der Waals surface area (Å²) in [6, 6.07) is 7.96. The molecule has 1 atom stereocenters. The third kappa shape index (κ3) is 3.34. The molecule has 0 radical (unpaired) electrons. The van der Waals surface area contributed by atoms with Gasteiger partial charge in [0.25, 0.3) is 0 Å². The molecule has 0 aliphatic carbocycles. The Labute approximate surface area is 78.9 Å². The maximum atomic E-state index is 5.61. The molecule has 0 fully saturated rings. The minimum atomic E-state index is 0.169. The van der Waals surface area contributed by atoms with E-state index in [9.17, 15) is 0 Å². The number of anilines is 1. The number of rotatable bonds is 4. The van der Waals surface area contributed by atoms with E-state index in [1.54, 1.807) is 7.11 Å². The first-order chi connectivity index (χ1) is 6.22. The normalized spacial score (nSPS) is 12.2. The van der Waals surface area contributed by atoms with E-state index in [2.05, 4.69) is 5.32 Å². The summed E-state index contributed by atoms with van der Waals surface area (Å²) in [6.07, 6.45) is 0. The van der Waals surface area contributed by atoms with Gasteiger partial charge in [-0.2, -0.15) is 0 Å². The van der Waals surface area contributed by atoms with Crippen molar-refractivity contribution in [2.45, 2.75) is 13.0 Å². The fourth-order valence-corrected chi connectivity index (χ4v) is 0.988. The van der Waals surface area contributed by atoms with Gasteiger partial charge in [-0.1, -0.05) is 0 Å². The number of nitrogens with two attached hydrogens (primary N) is 1. The van der Waals surface area contributed by atoms with Crippen LogP contribution in [0.1, 0.15) is 6.92 Å². The summed E-state index contributed by atoms with van der Waals surface area (Å²) in [4.78, 5) is 0. The summed E-state index contributed by atoms with van der Waals surface area (Å²) in [6.45, 7) is 2.75. The highest BCUT2D eigenvalue weighted by molar-refractivity contribution is 5.46. The summed E-state index contributed by atoms with van der Waals surface area (Å²) >= 11 is 0. The second-order valence-electron chi connectivity index (χ2n) is 3.09. The molecule has 72 valence electrons. The minimum Gasteiger partial charge on any atom is -0.497 e. The van der Waals surface area contributed by atoms with E-state index < -0.39 is 0 Å². The van der Waals surface area contributed by atoms with E-state index in [-0.39, 0.29) is 6.04 Å². The number of benzene rings is 1. The first kappa shape index (κ1) is 9.86. The Morgan fingerprint density at radius 1 is 1.38 bits per heavy atom. The van der Waals surface area contributed by atoms with Crippen molar-refractivity contribution < 1.29 is 4.74 Å². The zero-order valence-electron chi connectivity index (χ0n) is 8.08. The Hall–Kier alpha value is -1.22. The fraction of sp³-hybridized carbons (Fsp3) is 0.400. The van der Waals surface area contributed by atoms with E-state index in [1.807, 2.05) is 31.2 Å². The van der Waals surface area contributed by atoms with E-state index in [4.69, 9.17) is 10.5 Å². The van der Waals surface area contributed by atoms with Gasteiger partial charge in [0.15, 0.2) is 0 Å². The standard InChI is InChI=1S/C10H16N2O/c1-8(11)7-12-9-3-5-10(13-2)6-4-9/h3-6,8,12H,7,11H2,1-2H3/t8-/m0/s1. The van der Waals surface area contributed by atoms with Gasteiger partial charge in [0.1, 0.15) is 5.75 Å². The monoisotopic (exact) mass is 180 g/mol. The van der Waals surface area contributed by atoms with Gasteiger partial charge in [0.05, 0.1) is 7.11 Å². The van der Waals surface area contributed by atoms with E-state index in [1.165, 1.54) is 0 Å². The number of ether oxygens (including phenoxy) is 1. The topological polar surface area (TPSA) is 47.3 Å². The van der Waals surface area contributed by atoms with Gasteiger partial charge < -0.3 is 15.8 Å². The Bertz CT molecular complexity index is 244. The molecular formula is C10H16N2O. The molecule has 0 aliphatic heterocycles. The van der Waals surface area contributed by atoms with Crippen LogP contribution < -0.4 is 15.8 Å². The summed E-state index contributed by atoms with van der Waals surface area (Å²) < 4.78 is 5.04. The van der Waals surface area contributed by atoms with Crippen molar-refractivity contribution in [1.82, 2.24) is 0 Å². The Balaban J connectivity index is 2.49. The van der Waals surface area contributed by atoms with Crippen LogP contribution in [-0.4, -0.2) is 19.7 Å². The van der Waals surface area contributed by atoms with E-state index >= 15 is 0 Å². The average Bonchev–Trinajstić information content (AvgIpc) is 2.15. The molecule has 13 heavy (non-hydrogen) atoms. The Morgan fingerprint density at radius 2 is 2.00 bits per heavy atom. The molecule has 1 aromatic carbocycles. The minimum absolute atomic E-state index is 0.169. The molecule has 0 heterocycles. The number of hydrogen-bond donors (Lipinski definition) is 2. The molecule has 1 aromatic rings. The zero-order chi connectivity index (χ0) is 9.68. The zero-order valence-corrected chi connectivity index (χ0v) is 8.08. The van der Waals surface area contributed by atoms with Crippen molar-refractivity contribution in [3.8, 4) is 5.75 Å². The SMILES string of the molecule is COc1ccc(NC[C@H](C)N)cc1. The van der Waals surface area contributed by atoms with Crippen LogP contribution in [0.3, 0.4) is 0 Å². The van der Waals surface area contributed by atoms with Crippen LogP contribution in [0.25, 0.3) is 0 Å². The first-order valence-corrected chi connectivity index (χ1v) is 4.36. The fourth-order valence-electron chi connectivity index (χ4n) is 0.988. The summed E-state index contributed by atoms with van der Waals surface area (Å²) in [5.74, 6) is 0.867. The van der Waals surface area contributed by atoms with Gasteiger partial charge >= 0.3 is 0 Å². The second-order valence-corrected chi connectivity index (χ2v) is 3.09. The quantitative estimate of drug-likeness (QED) is 0.737. The largest absolute Gasteiger partial charge is 0.497 e. The second kappa shape index (κ2) is 4.72.